The van der Waals surface area contributed by atoms with Gasteiger partial charge in [-0.1, -0.05) is 0 Å². The zero-order valence-corrected chi connectivity index (χ0v) is 13.2. The summed E-state index contributed by atoms with van der Waals surface area (Å²) in [7, 11) is -3.05. The highest BCUT2D eigenvalue weighted by atomic mass is 32.2. The number of aryl methyl sites for hydroxylation is 2. The first-order chi connectivity index (χ1) is 10.4. The zero-order valence-electron chi connectivity index (χ0n) is 12.4. The maximum Gasteiger partial charge on any atom is 0.267 e. The molecule has 1 saturated heterocycles. The minimum atomic E-state index is -3.05. The molecule has 0 radical (unpaired) electrons. The van der Waals surface area contributed by atoms with E-state index in [1.54, 1.807) is 13.0 Å². The molecule has 22 heavy (non-hydrogen) atoms. The van der Waals surface area contributed by atoms with Crippen LogP contribution in [0.15, 0.2) is 10.9 Å². The Bertz CT molecular complexity index is 769. The number of nitrogens with one attached hydrogen (secondary N) is 1. The fourth-order valence-corrected chi connectivity index (χ4v) is 4.71. The summed E-state index contributed by atoms with van der Waals surface area (Å²) in [5.74, 6) is -0.295. The smallest absolute Gasteiger partial charge is 0.267 e. The van der Waals surface area contributed by atoms with Gasteiger partial charge in [-0.15, -0.1) is 0 Å². The van der Waals surface area contributed by atoms with Crippen molar-refractivity contribution in [3.8, 4) is 0 Å². The summed E-state index contributed by atoms with van der Waals surface area (Å²) in [6, 6.07) is 0.436. The third-order valence-corrected chi connectivity index (χ3v) is 6.08. The van der Waals surface area contributed by atoms with Gasteiger partial charge in [-0.2, -0.15) is 5.10 Å². The quantitative estimate of drug-likeness (QED) is 0.815. The fourth-order valence-electron chi connectivity index (χ4n) is 3.03. The van der Waals surface area contributed by atoms with Crippen LogP contribution in [0.25, 0.3) is 0 Å². The lowest BCUT2D eigenvalue weighted by atomic mass is 10.2. The molecule has 1 aromatic rings. The summed E-state index contributed by atoms with van der Waals surface area (Å²) in [5, 5.41) is 7.01. The van der Waals surface area contributed by atoms with Gasteiger partial charge in [0.15, 0.2) is 9.84 Å². The Morgan fingerprint density at radius 3 is 2.91 bits per heavy atom. The highest BCUT2D eigenvalue weighted by molar-refractivity contribution is 7.91. The summed E-state index contributed by atoms with van der Waals surface area (Å²) < 4.78 is 24.0. The van der Waals surface area contributed by atoms with Gasteiger partial charge in [0.05, 0.1) is 17.2 Å². The summed E-state index contributed by atoms with van der Waals surface area (Å²) in [4.78, 5) is 24.3. The van der Waals surface area contributed by atoms with E-state index in [1.165, 1.54) is 4.68 Å². The Morgan fingerprint density at radius 1 is 1.45 bits per heavy atom. The lowest BCUT2D eigenvalue weighted by Crippen LogP contribution is -2.42. The van der Waals surface area contributed by atoms with Crippen molar-refractivity contribution in [1.82, 2.24) is 15.1 Å². The second kappa shape index (κ2) is 5.49. The number of aromatic nitrogens is 2. The zero-order chi connectivity index (χ0) is 15.9. The second-order valence-corrected chi connectivity index (χ2v) is 8.27. The van der Waals surface area contributed by atoms with Crippen molar-refractivity contribution in [1.29, 1.82) is 0 Å². The molecule has 2 atom stereocenters. The molecule has 0 bridgehead atoms. The van der Waals surface area contributed by atoms with Gasteiger partial charge >= 0.3 is 0 Å². The third kappa shape index (κ3) is 2.92. The Morgan fingerprint density at radius 2 is 2.23 bits per heavy atom. The number of hydrogen-bond acceptors (Lipinski definition) is 5. The monoisotopic (exact) mass is 325 g/mol. The predicted molar refractivity (Wildman–Crippen MR) is 80.4 cm³/mol. The SMILES string of the molecule is C[C@H](C(=O)N[C@H]1CCS(=O)(=O)C1)n1nc2c(cc1=O)CCC2. The van der Waals surface area contributed by atoms with E-state index in [2.05, 4.69) is 10.4 Å². The van der Waals surface area contributed by atoms with Gasteiger partial charge in [-0.25, -0.2) is 13.1 Å². The predicted octanol–water partition coefficient (Wildman–Crippen LogP) is -0.404. The normalized spacial score (nSPS) is 24.0. The van der Waals surface area contributed by atoms with Crippen molar-refractivity contribution < 1.29 is 13.2 Å². The first kappa shape index (κ1) is 15.2. The summed E-state index contributed by atoms with van der Waals surface area (Å²) in [5.41, 5.74) is 1.56. The van der Waals surface area contributed by atoms with Crippen LogP contribution in [0.1, 0.15) is 37.1 Å². The van der Waals surface area contributed by atoms with Gasteiger partial charge in [0.1, 0.15) is 6.04 Å². The molecule has 1 aliphatic heterocycles. The molecule has 0 saturated carbocycles. The van der Waals surface area contributed by atoms with E-state index < -0.39 is 15.9 Å². The van der Waals surface area contributed by atoms with E-state index in [1.807, 2.05) is 0 Å². The fraction of sp³-hybridized carbons (Fsp3) is 0.643. The van der Waals surface area contributed by atoms with Crippen LogP contribution in [-0.4, -0.2) is 41.7 Å². The minimum Gasteiger partial charge on any atom is -0.350 e. The van der Waals surface area contributed by atoms with E-state index in [0.717, 1.165) is 30.5 Å². The molecular weight excluding hydrogens is 306 g/mol. The van der Waals surface area contributed by atoms with Gasteiger partial charge in [0.2, 0.25) is 5.91 Å². The van der Waals surface area contributed by atoms with Crippen molar-refractivity contribution in [2.75, 3.05) is 11.5 Å². The van der Waals surface area contributed by atoms with Crippen LogP contribution in [0, 0.1) is 0 Å². The standard InChI is InChI=1S/C14H19N3O4S/c1-9(14(19)15-11-5-6-22(20,21)8-11)17-13(18)7-10-3-2-4-12(10)16-17/h7,9,11H,2-6,8H2,1H3,(H,15,19)/t9-,11+/m1/s1. The number of hydrogen-bond donors (Lipinski definition) is 1. The van der Waals surface area contributed by atoms with Gasteiger partial charge in [-0.3, -0.25) is 9.59 Å². The highest BCUT2D eigenvalue weighted by Crippen LogP contribution is 2.18. The molecule has 2 aliphatic rings. The molecule has 1 fully saturated rings. The molecule has 7 nitrogen and oxygen atoms in total. The molecule has 1 aliphatic carbocycles. The first-order valence-electron chi connectivity index (χ1n) is 7.48. The number of carbonyl (C=O) groups is 1. The van der Waals surface area contributed by atoms with E-state index in [4.69, 9.17) is 0 Å². The average molecular weight is 325 g/mol. The summed E-state index contributed by atoms with van der Waals surface area (Å²) >= 11 is 0. The van der Waals surface area contributed by atoms with E-state index in [0.29, 0.717) is 6.42 Å². The Kier molecular flexibility index (Phi) is 3.80. The first-order valence-corrected chi connectivity index (χ1v) is 9.30. The number of nitrogens with zero attached hydrogens (tertiary/aromatic N) is 2. The van der Waals surface area contributed by atoms with Crippen LogP contribution in [-0.2, 0) is 27.5 Å². The maximum absolute atomic E-state index is 12.3. The van der Waals surface area contributed by atoms with E-state index in [9.17, 15) is 18.0 Å². The van der Waals surface area contributed by atoms with Crippen LogP contribution in [0.5, 0.6) is 0 Å². The molecule has 0 aromatic carbocycles. The largest absolute Gasteiger partial charge is 0.350 e. The molecule has 3 rings (SSSR count). The van der Waals surface area contributed by atoms with Crippen molar-refractivity contribution in [2.45, 2.75) is 44.7 Å². The van der Waals surface area contributed by atoms with Gasteiger partial charge in [0.25, 0.3) is 5.56 Å². The van der Waals surface area contributed by atoms with Crippen LogP contribution >= 0.6 is 0 Å². The number of carbonyl (C=O) groups excluding carboxylic acids is 1. The summed E-state index contributed by atoms with van der Waals surface area (Å²) in [6.45, 7) is 1.61. The van der Waals surface area contributed by atoms with Crippen LogP contribution in [0.4, 0.5) is 0 Å². The molecule has 0 unspecified atom stereocenters. The molecule has 120 valence electrons. The van der Waals surface area contributed by atoms with E-state index >= 15 is 0 Å². The second-order valence-electron chi connectivity index (χ2n) is 6.04. The van der Waals surface area contributed by atoms with Crippen LogP contribution < -0.4 is 10.9 Å². The molecule has 2 heterocycles. The molecule has 1 aromatic heterocycles. The Labute approximate surface area is 128 Å². The minimum absolute atomic E-state index is 0.0298. The third-order valence-electron chi connectivity index (χ3n) is 4.31. The molecular formula is C14H19N3O4S. The number of amides is 1. The average Bonchev–Trinajstić information content (AvgIpc) is 3.02. The topological polar surface area (TPSA) is 98.1 Å². The molecule has 1 N–H and O–H groups in total. The van der Waals surface area contributed by atoms with Gasteiger partial charge in [0, 0.05) is 12.1 Å². The van der Waals surface area contributed by atoms with Crippen molar-refractivity contribution in [3.63, 3.8) is 0 Å². The molecule has 0 spiro atoms. The summed E-state index contributed by atoms with van der Waals surface area (Å²) in [6.07, 6.45) is 3.09. The van der Waals surface area contributed by atoms with Crippen LogP contribution in [0.2, 0.25) is 0 Å². The Hall–Kier alpha value is -1.70. The lowest BCUT2D eigenvalue weighted by Gasteiger charge is -2.17. The lowest BCUT2D eigenvalue weighted by molar-refractivity contribution is -0.124. The van der Waals surface area contributed by atoms with Gasteiger partial charge < -0.3 is 5.32 Å². The number of rotatable bonds is 3. The van der Waals surface area contributed by atoms with E-state index in [-0.39, 0.29) is 29.0 Å². The van der Waals surface area contributed by atoms with Crippen molar-refractivity contribution in [3.05, 3.63) is 27.7 Å². The van der Waals surface area contributed by atoms with Crippen LogP contribution in [0.3, 0.4) is 0 Å². The van der Waals surface area contributed by atoms with Gasteiger partial charge in [-0.05, 0) is 38.2 Å². The number of sulfone groups is 1. The Balaban J connectivity index is 1.75. The number of fused-ring (bicyclic) bond motifs is 1. The maximum atomic E-state index is 12.3. The highest BCUT2D eigenvalue weighted by Gasteiger charge is 2.31. The van der Waals surface area contributed by atoms with Crippen molar-refractivity contribution in [2.24, 2.45) is 0 Å². The molecule has 8 heteroatoms. The molecule has 1 amide bonds. The van der Waals surface area contributed by atoms with Crippen molar-refractivity contribution >= 4 is 15.7 Å².